The minimum Gasteiger partial charge on any atom is -0.404 e. The summed E-state index contributed by atoms with van der Waals surface area (Å²) in [6.07, 6.45) is 3.90. The second-order valence-electron chi connectivity index (χ2n) is 12.8. The first-order valence-corrected chi connectivity index (χ1v) is 14.7. The van der Waals surface area contributed by atoms with Crippen LogP contribution in [0.4, 0.5) is 10.5 Å². The summed E-state index contributed by atoms with van der Waals surface area (Å²) in [6.45, 7) is 11.6. The van der Waals surface area contributed by atoms with Gasteiger partial charge in [-0.2, -0.15) is 0 Å². The van der Waals surface area contributed by atoms with Crippen molar-refractivity contribution < 1.29 is 18.9 Å². The monoisotopic (exact) mass is 554 g/mol. The summed E-state index contributed by atoms with van der Waals surface area (Å²) in [5.74, 6) is 1.13. The summed E-state index contributed by atoms with van der Waals surface area (Å²) < 4.78 is 13.2. The number of nitrogens with zero attached hydrogens (tertiary/aromatic N) is 1. The zero-order valence-electron chi connectivity index (χ0n) is 24.8. The molecule has 5 rings (SSSR count). The summed E-state index contributed by atoms with van der Waals surface area (Å²) in [4.78, 5) is 30.4. The van der Waals surface area contributed by atoms with Crippen LogP contribution in [-0.2, 0) is 14.1 Å². The summed E-state index contributed by atoms with van der Waals surface area (Å²) >= 11 is 0. The average molecular weight is 555 g/mol. The van der Waals surface area contributed by atoms with Gasteiger partial charge in [-0.1, -0.05) is 45.9 Å². The number of rotatable bonds is 11. The van der Waals surface area contributed by atoms with E-state index in [0.717, 1.165) is 6.42 Å². The van der Waals surface area contributed by atoms with Crippen molar-refractivity contribution >= 4 is 30.7 Å². The Bertz CT molecular complexity index is 1070. The SMILES string of the molecule is CN=C(N)NCCC[C@H](NC(=O)Nc1ccccc1)C(=O)N[C@@H](CC(C)C)B1O[C@@H]2C[C@@H]3C[C@@H](C3(C)C)[C@]2(C)O1. The van der Waals surface area contributed by atoms with Gasteiger partial charge in [-0.15, -0.1) is 0 Å². The van der Waals surface area contributed by atoms with E-state index in [4.69, 9.17) is 15.0 Å². The second kappa shape index (κ2) is 12.4. The Labute approximate surface area is 239 Å². The van der Waals surface area contributed by atoms with Crippen LogP contribution in [0.15, 0.2) is 35.3 Å². The standard InChI is InChI=1S/C29H47BN6O4/c1-18(2)15-24(30-39-23-17-19-16-22(28(19,3)4)29(23,5)40-30)36-25(37)21(13-10-14-33-26(31)32-6)35-27(38)34-20-11-8-7-9-12-20/h7-9,11-12,18-19,21-24H,10,13-17H2,1-6H3,(H,36,37)(H3,31,32,33)(H2,34,35,38)/t19-,21-,22-,23+,24-,29-/m0/s1. The Morgan fingerprint density at radius 3 is 2.52 bits per heavy atom. The zero-order valence-corrected chi connectivity index (χ0v) is 24.8. The minimum atomic E-state index is -0.758. The number of anilines is 1. The number of hydrogen-bond acceptors (Lipinski definition) is 5. The predicted octanol–water partition coefficient (Wildman–Crippen LogP) is 3.29. The van der Waals surface area contributed by atoms with Crippen molar-refractivity contribution in [1.82, 2.24) is 16.0 Å². The third-order valence-electron chi connectivity index (χ3n) is 9.22. The Hall–Kier alpha value is -2.79. The van der Waals surface area contributed by atoms with Gasteiger partial charge in [-0.05, 0) is 74.3 Å². The van der Waals surface area contributed by atoms with Crippen LogP contribution in [0, 0.1) is 23.2 Å². The Balaban J connectivity index is 1.44. The molecular weight excluding hydrogens is 507 g/mol. The highest BCUT2D eigenvalue weighted by Gasteiger charge is 2.68. The van der Waals surface area contributed by atoms with Crippen LogP contribution in [0.25, 0.3) is 0 Å². The second-order valence-corrected chi connectivity index (χ2v) is 12.8. The lowest BCUT2D eigenvalue weighted by molar-refractivity contribution is -0.199. The molecule has 2 bridgehead atoms. The number of benzene rings is 1. The van der Waals surface area contributed by atoms with E-state index in [0.29, 0.717) is 55.2 Å². The van der Waals surface area contributed by atoms with E-state index in [-0.39, 0.29) is 29.0 Å². The number of nitrogens with two attached hydrogens (primary N) is 1. The van der Waals surface area contributed by atoms with Gasteiger partial charge in [-0.3, -0.25) is 9.79 Å². The molecule has 220 valence electrons. The fourth-order valence-corrected chi connectivity index (χ4v) is 6.82. The van der Waals surface area contributed by atoms with Crippen molar-refractivity contribution in [2.45, 2.75) is 90.4 Å². The molecule has 3 saturated carbocycles. The van der Waals surface area contributed by atoms with Gasteiger partial charge in [0, 0.05) is 19.3 Å². The topological polar surface area (TPSA) is 139 Å². The Kier molecular flexibility index (Phi) is 9.35. The van der Waals surface area contributed by atoms with Crippen molar-refractivity contribution in [2.24, 2.45) is 33.9 Å². The molecule has 1 heterocycles. The molecule has 3 amide bonds. The maximum Gasteiger partial charge on any atom is 0.481 e. The maximum atomic E-state index is 13.7. The third-order valence-corrected chi connectivity index (χ3v) is 9.22. The number of amides is 3. The van der Waals surface area contributed by atoms with Gasteiger partial charge in [0.25, 0.3) is 0 Å². The van der Waals surface area contributed by atoms with Crippen LogP contribution in [0.3, 0.4) is 0 Å². The molecule has 10 nitrogen and oxygen atoms in total. The van der Waals surface area contributed by atoms with E-state index in [9.17, 15) is 9.59 Å². The molecule has 4 aliphatic rings. The van der Waals surface area contributed by atoms with Crippen molar-refractivity contribution in [3.05, 3.63) is 30.3 Å². The van der Waals surface area contributed by atoms with Crippen molar-refractivity contribution in [1.29, 1.82) is 0 Å². The molecule has 11 heteroatoms. The fourth-order valence-electron chi connectivity index (χ4n) is 6.82. The van der Waals surface area contributed by atoms with Crippen LogP contribution in [0.5, 0.6) is 0 Å². The smallest absolute Gasteiger partial charge is 0.404 e. The Morgan fingerprint density at radius 1 is 1.15 bits per heavy atom. The highest BCUT2D eigenvalue weighted by molar-refractivity contribution is 6.48. The molecule has 6 N–H and O–H groups in total. The van der Waals surface area contributed by atoms with E-state index in [2.05, 4.69) is 60.9 Å². The molecule has 40 heavy (non-hydrogen) atoms. The molecule has 0 spiro atoms. The maximum absolute atomic E-state index is 13.7. The van der Waals surface area contributed by atoms with E-state index < -0.39 is 19.2 Å². The molecule has 0 unspecified atom stereocenters. The first-order chi connectivity index (χ1) is 18.9. The summed E-state index contributed by atoms with van der Waals surface area (Å²) in [7, 11) is 1.08. The first kappa shape index (κ1) is 30.2. The number of hydrogen-bond donors (Lipinski definition) is 5. The van der Waals surface area contributed by atoms with Crippen molar-refractivity contribution in [3.63, 3.8) is 0 Å². The number of carbonyl (C=O) groups is 2. The number of guanidine groups is 1. The van der Waals surface area contributed by atoms with Crippen LogP contribution in [-0.4, -0.2) is 62.3 Å². The van der Waals surface area contributed by atoms with Gasteiger partial charge in [0.05, 0.1) is 17.6 Å². The number of para-hydroxylation sites is 1. The van der Waals surface area contributed by atoms with Crippen LogP contribution < -0.4 is 27.0 Å². The third kappa shape index (κ3) is 6.57. The van der Waals surface area contributed by atoms with E-state index in [1.54, 1.807) is 19.2 Å². The molecule has 1 saturated heterocycles. The first-order valence-electron chi connectivity index (χ1n) is 14.7. The van der Waals surface area contributed by atoms with Gasteiger partial charge in [-0.25, -0.2) is 4.79 Å². The lowest BCUT2D eigenvalue weighted by Crippen LogP contribution is -2.65. The van der Waals surface area contributed by atoms with Crippen LogP contribution in [0.1, 0.15) is 66.7 Å². The zero-order chi connectivity index (χ0) is 29.1. The minimum absolute atomic E-state index is 0.0307. The van der Waals surface area contributed by atoms with Gasteiger partial charge in [0.2, 0.25) is 5.91 Å². The molecule has 0 aromatic heterocycles. The molecule has 1 aromatic rings. The van der Waals surface area contributed by atoms with Crippen LogP contribution >= 0.6 is 0 Å². The highest BCUT2D eigenvalue weighted by atomic mass is 16.7. The normalized spacial score (nSPS) is 28.2. The van der Waals surface area contributed by atoms with E-state index in [1.165, 1.54) is 6.42 Å². The van der Waals surface area contributed by atoms with Gasteiger partial charge in [0.1, 0.15) is 6.04 Å². The summed E-state index contributed by atoms with van der Waals surface area (Å²) in [5.41, 5.74) is 6.27. The number of nitrogens with one attached hydrogen (secondary N) is 4. The lowest BCUT2D eigenvalue weighted by atomic mass is 9.43. The molecular formula is C29H47BN6O4. The average Bonchev–Trinajstić information content (AvgIpc) is 3.27. The molecule has 4 fully saturated rings. The molecule has 1 aliphatic heterocycles. The van der Waals surface area contributed by atoms with Gasteiger partial charge >= 0.3 is 13.1 Å². The van der Waals surface area contributed by atoms with Gasteiger partial charge < -0.3 is 36.3 Å². The quantitative estimate of drug-likeness (QED) is 0.123. The number of urea groups is 1. The predicted molar refractivity (Wildman–Crippen MR) is 159 cm³/mol. The van der Waals surface area contributed by atoms with Crippen molar-refractivity contribution in [3.8, 4) is 0 Å². The molecule has 0 radical (unpaired) electrons. The molecule has 1 aromatic carbocycles. The highest BCUT2D eigenvalue weighted by Crippen LogP contribution is 2.65. The molecule has 3 aliphatic carbocycles. The summed E-state index contributed by atoms with van der Waals surface area (Å²) in [6, 6.07) is 7.95. The van der Waals surface area contributed by atoms with Crippen molar-refractivity contribution in [2.75, 3.05) is 18.9 Å². The largest absolute Gasteiger partial charge is 0.481 e. The van der Waals surface area contributed by atoms with Gasteiger partial charge in [0.15, 0.2) is 5.96 Å². The number of carbonyl (C=O) groups excluding carboxylic acids is 2. The van der Waals surface area contributed by atoms with Crippen LogP contribution in [0.2, 0.25) is 0 Å². The fraction of sp³-hybridized carbons (Fsp3) is 0.690. The Morgan fingerprint density at radius 2 is 1.88 bits per heavy atom. The molecule has 6 atom stereocenters. The van der Waals surface area contributed by atoms with E-state index in [1.807, 2.05) is 18.2 Å². The van der Waals surface area contributed by atoms with E-state index >= 15 is 0 Å². The lowest BCUT2D eigenvalue weighted by Gasteiger charge is -2.64. The number of aliphatic imine (C=N–C) groups is 1. The summed E-state index contributed by atoms with van der Waals surface area (Å²) in [5, 5.41) is 11.9.